The lowest BCUT2D eigenvalue weighted by molar-refractivity contribution is 1.22. The molecule has 1 aliphatic rings. The highest BCUT2D eigenvalue weighted by atomic mass is 35.7. The van der Waals surface area contributed by atoms with E-state index in [0.717, 1.165) is 0 Å². The Hall–Kier alpha value is -0.990. The van der Waals surface area contributed by atoms with Crippen molar-refractivity contribution >= 4 is 41.7 Å². The summed E-state index contributed by atoms with van der Waals surface area (Å²) in [5.41, 5.74) is 3.77. The first-order valence-electron chi connectivity index (χ1n) is 5.22. The topological polar surface area (TPSA) is 15.8 Å². The lowest BCUT2D eigenvalue weighted by atomic mass is 10.1. The fraction of sp³-hybridized carbons (Fsp3) is 0.154. The fourth-order valence-corrected chi connectivity index (χ4v) is 3.97. The Morgan fingerprint density at radius 3 is 2.75 bits per heavy atom. The van der Waals surface area contributed by atoms with E-state index in [1.807, 2.05) is 6.07 Å². The Morgan fingerprint density at radius 2 is 1.94 bits per heavy atom. The SMILES string of the molecule is CC1=CC(C)=S(Cl)c2[nH]c3ccccc3c21. The minimum atomic E-state index is -0.306. The van der Waals surface area contributed by atoms with E-state index < -0.39 is 0 Å². The largest absolute Gasteiger partial charge is 0.349 e. The number of aromatic nitrogens is 1. The van der Waals surface area contributed by atoms with Crippen LogP contribution in [0.1, 0.15) is 19.4 Å². The molecule has 1 nitrogen and oxygen atoms in total. The highest BCUT2D eigenvalue weighted by Gasteiger charge is 2.19. The van der Waals surface area contributed by atoms with Crippen LogP contribution in [0.3, 0.4) is 0 Å². The number of halogens is 1. The molecular formula is C13H12ClNS. The average Bonchev–Trinajstić information content (AvgIpc) is 2.65. The molecule has 0 saturated carbocycles. The molecule has 0 radical (unpaired) electrons. The molecule has 1 N–H and O–H groups in total. The van der Waals surface area contributed by atoms with Crippen molar-refractivity contribution in [2.45, 2.75) is 18.9 Å². The number of aromatic amines is 1. The van der Waals surface area contributed by atoms with Crippen LogP contribution >= 0.6 is 20.4 Å². The molecule has 0 fully saturated rings. The van der Waals surface area contributed by atoms with Crippen molar-refractivity contribution in [3.63, 3.8) is 0 Å². The van der Waals surface area contributed by atoms with Gasteiger partial charge in [0.05, 0.1) is 5.03 Å². The second-order valence-electron chi connectivity index (χ2n) is 4.07. The van der Waals surface area contributed by atoms with Crippen LogP contribution in [0.2, 0.25) is 0 Å². The van der Waals surface area contributed by atoms with Crippen LogP contribution in [0.15, 0.2) is 35.4 Å². The normalized spacial score (nSPS) is 19.8. The zero-order chi connectivity index (χ0) is 11.3. The Morgan fingerprint density at radius 1 is 1.19 bits per heavy atom. The zero-order valence-electron chi connectivity index (χ0n) is 9.17. The van der Waals surface area contributed by atoms with Crippen molar-refractivity contribution in [1.29, 1.82) is 0 Å². The van der Waals surface area contributed by atoms with E-state index in [1.54, 1.807) is 0 Å². The van der Waals surface area contributed by atoms with Crippen LogP contribution in [0.5, 0.6) is 0 Å². The van der Waals surface area contributed by atoms with Gasteiger partial charge in [-0.3, -0.25) is 0 Å². The summed E-state index contributed by atoms with van der Waals surface area (Å²) in [5.74, 6) is 0. The summed E-state index contributed by atoms with van der Waals surface area (Å²) in [6.45, 7) is 4.24. The number of benzene rings is 1. The van der Waals surface area contributed by atoms with Gasteiger partial charge in [-0.1, -0.05) is 18.2 Å². The van der Waals surface area contributed by atoms with E-state index in [2.05, 4.69) is 43.1 Å². The smallest absolute Gasteiger partial charge is 0.0900 e. The van der Waals surface area contributed by atoms with Crippen molar-refractivity contribution in [3.8, 4) is 0 Å². The Labute approximate surface area is 102 Å². The van der Waals surface area contributed by atoms with E-state index in [9.17, 15) is 0 Å². The van der Waals surface area contributed by atoms with Gasteiger partial charge < -0.3 is 4.98 Å². The van der Waals surface area contributed by atoms with Crippen molar-refractivity contribution in [1.82, 2.24) is 4.98 Å². The standard InChI is InChI=1S/C13H12ClNS/c1-8-7-9(2)16(14)13-12(8)10-5-3-4-6-11(10)15-13/h3-7,15H,1-2H3. The first-order chi connectivity index (χ1) is 7.68. The molecular weight excluding hydrogens is 238 g/mol. The maximum absolute atomic E-state index is 6.45. The number of para-hydroxylation sites is 1. The van der Waals surface area contributed by atoms with E-state index in [0.29, 0.717) is 0 Å². The van der Waals surface area contributed by atoms with E-state index >= 15 is 0 Å². The van der Waals surface area contributed by atoms with Crippen LogP contribution in [0.25, 0.3) is 16.5 Å². The molecule has 0 bridgehead atoms. The minimum Gasteiger partial charge on any atom is -0.349 e. The van der Waals surface area contributed by atoms with Gasteiger partial charge in [0.15, 0.2) is 0 Å². The Kier molecular flexibility index (Phi) is 2.23. The predicted octanol–water partition coefficient (Wildman–Crippen LogP) is 4.56. The Bertz CT molecular complexity index is 649. The monoisotopic (exact) mass is 249 g/mol. The number of H-pyrrole nitrogens is 1. The van der Waals surface area contributed by atoms with Crippen molar-refractivity contribution in [2.24, 2.45) is 0 Å². The summed E-state index contributed by atoms with van der Waals surface area (Å²) in [6, 6.07) is 8.37. The second kappa shape index (κ2) is 3.51. The summed E-state index contributed by atoms with van der Waals surface area (Å²) in [5, 5.41) is 2.44. The maximum atomic E-state index is 6.45. The van der Waals surface area contributed by atoms with E-state index in [4.69, 9.17) is 10.7 Å². The molecule has 2 heterocycles. The summed E-state index contributed by atoms with van der Waals surface area (Å²) in [4.78, 5) is 4.68. The van der Waals surface area contributed by atoms with Crippen LogP contribution in [-0.4, -0.2) is 9.85 Å². The van der Waals surface area contributed by atoms with Crippen molar-refractivity contribution in [3.05, 3.63) is 35.9 Å². The quantitative estimate of drug-likeness (QED) is 0.659. The third kappa shape index (κ3) is 1.30. The van der Waals surface area contributed by atoms with Gasteiger partial charge in [0.1, 0.15) is 0 Å². The first-order valence-corrected chi connectivity index (χ1v) is 7.27. The van der Waals surface area contributed by atoms with Gasteiger partial charge in [-0.2, -0.15) is 0 Å². The van der Waals surface area contributed by atoms with Crippen molar-refractivity contribution in [2.75, 3.05) is 0 Å². The third-order valence-electron chi connectivity index (χ3n) is 2.95. The zero-order valence-corrected chi connectivity index (χ0v) is 10.7. The number of hydrogen-bond acceptors (Lipinski definition) is 0. The summed E-state index contributed by atoms with van der Waals surface area (Å²) in [6.07, 6.45) is 2.19. The number of allylic oxidation sites excluding steroid dienone is 2. The molecule has 0 spiro atoms. The molecule has 16 heavy (non-hydrogen) atoms. The van der Waals surface area contributed by atoms with Crippen LogP contribution in [0, 0.1) is 0 Å². The number of rotatable bonds is 0. The number of fused-ring (bicyclic) bond motifs is 3. The molecule has 82 valence electrons. The molecule has 1 atom stereocenters. The summed E-state index contributed by atoms with van der Waals surface area (Å²) >= 11 is 0. The van der Waals surface area contributed by atoms with Gasteiger partial charge >= 0.3 is 0 Å². The van der Waals surface area contributed by atoms with Crippen molar-refractivity contribution < 1.29 is 0 Å². The lowest BCUT2D eigenvalue weighted by Gasteiger charge is -2.13. The van der Waals surface area contributed by atoms with Crippen LogP contribution in [-0.2, 0) is 0 Å². The van der Waals surface area contributed by atoms with Gasteiger partial charge in [0, 0.05) is 16.5 Å². The van der Waals surface area contributed by atoms with Crippen LogP contribution < -0.4 is 0 Å². The molecule has 0 aliphatic carbocycles. The fourth-order valence-electron chi connectivity index (χ4n) is 2.23. The lowest BCUT2D eigenvalue weighted by Crippen LogP contribution is -1.95. The van der Waals surface area contributed by atoms with Gasteiger partial charge in [-0.25, -0.2) is 0 Å². The first kappa shape index (κ1) is 10.2. The highest BCUT2D eigenvalue weighted by molar-refractivity contribution is 8.35. The molecule has 2 aromatic rings. The summed E-state index contributed by atoms with van der Waals surface area (Å²) < 4.78 is 0. The van der Waals surface area contributed by atoms with E-state index in [1.165, 1.54) is 31.9 Å². The number of nitrogens with one attached hydrogen (secondary N) is 1. The molecule has 1 aromatic carbocycles. The molecule has 1 aromatic heterocycles. The number of hydrogen-bond donors (Lipinski definition) is 1. The van der Waals surface area contributed by atoms with Gasteiger partial charge in [0.25, 0.3) is 0 Å². The molecule has 3 heteroatoms. The van der Waals surface area contributed by atoms with Gasteiger partial charge in [0.2, 0.25) is 0 Å². The molecule has 0 saturated heterocycles. The predicted molar refractivity (Wildman–Crippen MR) is 74.3 cm³/mol. The molecule has 0 amide bonds. The highest BCUT2D eigenvalue weighted by Crippen LogP contribution is 2.44. The second-order valence-corrected chi connectivity index (χ2v) is 6.56. The Balaban J connectivity index is 2.47. The summed E-state index contributed by atoms with van der Waals surface area (Å²) in [7, 11) is 6.14. The van der Waals surface area contributed by atoms with Gasteiger partial charge in [-0.05, 0) is 56.8 Å². The molecule has 3 rings (SSSR count). The molecule has 1 unspecified atom stereocenters. The maximum Gasteiger partial charge on any atom is 0.0900 e. The minimum absolute atomic E-state index is 0.306. The van der Waals surface area contributed by atoms with Crippen LogP contribution in [0.4, 0.5) is 0 Å². The average molecular weight is 250 g/mol. The molecule has 1 aliphatic heterocycles. The van der Waals surface area contributed by atoms with E-state index in [-0.39, 0.29) is 9.70 Å². The third-order valence-corrected chi connectivity index (χ3v) is 5.49. The van der Waals surface area contributed by atoms with Gasteiger partial charge in [-0.15, -0.1) is 0 Å².